The van der Waals surface area contributed by atoms with Crippen LogP contribution in [-0.2, 0) is 33.5 Å². The molecule has 0 aliphatic carbocycles. The Morgan fingerprint density at radius 1 is 1.10 bits per heavy atom. The van der Waals surface area contributed by atoms with Gasteiger partial charge >= 0.3 is 11.9 Å². The molecule has 13 nitrogen and oxygen atoms in total. The van der Waals surface area contributed by atoms with E-state index >= 15 is 0 Å². The molecule has 2 heterocycles. The monoisotopic (exact) mass is 544 g/mol. The molecule has 0 unspecified atom stereocenters. The van der Waals surface area contributed by atoms with E-state index in [0.29, 0.717) is 17.5 Å². The van der Waals surface area contributed by atoms with E-state index in [4.69, 9.17) is 4.74 Å². The lowest BCUT2D eigenvalue weighted by Crippen LogP contribution is -2.64. The number of rotatable bonds is 9. The fraction of sp³-hybridized carbons (Fsp3) is 0.500. The Morgan fingerprint density at radius 2 is 1.77 bits per heavy atom. The smallest absolute Gasteiger partial charge is 0.339 e. The second-order valence-corrected chi connectivity index (χ2v) is 9.62. The van der Waals surface area contributed by atoms with Crippen molar-refractivity contribution in [1.29, 1.82) is 0 Å². The van der Waals surface area contributed by atoms with Crippen LogP contribution < -0.4 is 10.6 Å². The summed E-state index contributed by atoms with van der Waals surface area (Å²) in [5, 5.41) is 16.4. The summed E-state index contributed by atoms with van der Waals surface area (Å²) >= 11 is 0. The first-order valence-electron chi connectivity index (χ1n) is 12.6. The predicted molar refractivity (Wildman–Crippen MR) is 134 cm³/mol. The van der Waals surface area contributed by atoms with E-state index in [-0.39, 0.29) is 31.4 Å². The second kappa shape index (κ2) is 12.5. The minimum atomic E-state index is -1.56. The van der Waals surface area contributed by atoms with E-state index in [1.54, 1.807) is 32.0 Å². The molecular weight excluding hydrogens is 512 g/mol. The van der Waals surface area contributed by atoms with Crippen LogP contribution in [0.15, 0.2) is 18.2 Å². The van der Waals surface area contributed by atoms with Gasteiger partial charge in [0.05, 0.1) is 12.0 Å². The van der Waals surface area contributed by atoms with Crippen LogP contribution in [0.1, 0.15) is 60.5 Å². The molecule has 2 fully saturated rings. The molecule has 0 saturated carbocycles. The van der Waals surface area contributed by atoms with Gasteiger partial charge in [0.2, 0.25) is 17.7 Å². The lowest BCUT2D eigenvalue weighted by molar-refractivity contribution is -0.176. The molecule has 39 heavy (non-hydrogen) atoms. The van der Waals surface area contributed by atoms with Crippen molar-refractivity contribution in [1.82, 2.24) is 20.7 Å². The number of aryl methyl sites for hydroxylation is 2. The maximum absolute atomic E-state index is 13.3. The number of Topliss-reactive ketones (excluding diaryl/α,β-unsaturated/α-hetero) is 1. The Balaban J connectivity index is 1.76. The maximum Gasteiger partial charge on any atom is 0.339 e. The number of nitrogens with zero attached hydrogens (tertiary/aromatic N) is 2. The minimum Gasteiger partial charge on any atom is -0.481 e. The van der Waals surface area contributed by atoms with Crippen LogP contribution in [0, 0.1) is 13.8 Å². The van der Waals surface area contributed by atoms with Crippen LogP contribution in [0.2, 0.25) is 0 Å². The van der Waals surface area contributed by atoms with Gasteiger partial charge in [-0.1, -0.05) is 18.2 Å². The molecular formula is C26H32N4O9. The highest BCUT2D eigenvalue weighted by Crippen LogP contribution is 2.25. The van der Waals surface area contributed by atoms with Crippen LogP contribution in [-0.4, -0.2) is 87.8 Å². The summed E-state index contributed by atoms with van der Waals surface area (Å²) in [5.41, 5.74) is 1.56. The molecule has 2 aliphatic heterocycles. The first kappa shape index (κ1) is 29.3. The zero-order valence-electron chi connectivity index (χ0n) is 22.0. The molecule has 1 aromatic carbocycles. The van der Waals surface area contributed by atoms with Crippen molar-refractivity contribution in [2.24, 2.45) is 0 Å². The number of hydrogen-bond acceptors (Lipinski definition) is 8. The molecule has 0 bridgehead atoms. The second-order valence-electron chi connectivity index (χ2n) is 9.62. The molecule has 0 radical (unpaired) electrons. The fourth-order valence-electron chi connectivity index (χ4n) is 4.79. The first-order valence-corrected chi connectivity index (χ1v) is 12.6. The van der Waals surface area contributed by atoms with E-state index in [1.165, 1.54) is 6.92 Å². The number of benzene rings is 1. The van der Waals surface area contributed by atoms with Crippen LogP contribution in [0.4, 0.5) is 0 Å². The summed E-state index contributed by atoms with van der Waals surface area (Å²) in [6.07, 6.45) is -0.228. The van der Waals surface area contributed by atoms with Gasteiger partial charge in [-0.2, -0.15) is 0 Å². The summed E-state index contributed by atoms with van der Waals surface area (Å²) in [6, 6.07) is 1.38. The number of amides is 4. The Hall–Kier alpha value is -4.29. The summed E-state index contributed by atoms with van der Waals surface area (Å²) < 4.78 is 5.14. The third kappa shape index (κ3) is 6.98. The van der Waals surface area contributed by atoms with Gasteiger partial charge in [-0.25, -0.2) is 9.80 Å². The number of nitrogens with one attached hydrogen (secondary N) is 2. The van der Waals surface area contributed by atoms with Crippen molar-refractivity contribution in [3.63, 3.8) is 0 Å². The number of carboxylic acids is 1. The number of carbonyl (C=O) groups excluding carboxylic acids is 6. The Kier molecular flexibility index (Phi) is 9.38. The SMILES string of the molecule is CC(=O)N[C@H]1CCC(=O)N2CCC[C@@H](C(=O)N[C@@H](CC(=O)O)C(=O)COC(=O)c3c(C)cccc3C)N2C1=O. The fourth-order valence-corrected chi connectivity index (χ4v) is 4.79. The number of fused-ring (bicyclic) bond motifs is 1. The number of ketones is 1. The van der Waals surface area contributed by atoms with Crippen LogP contribution in [0.25, 0.3) is 0 Å². The number of esters is 1. The van der Waals surface area contributed by atoms with Crippen LogP contribution >= 0.6 is 0 Å². The molecule has 3 atom stereocenters. The lowest BCUT2D eigenvalue weighted by atomic mass is 10.0. The van der Waals surface area contributed by atoms with Gasteiger partial charge < -0.3 is 20.5 Å². The molecule has 210 valence electrons. The highest BCUT2D eigenvalue weighted by atomic mass is 16.5. The number of hydrazine groups is 1. The van der Waals surface area contributed by atoms with Gasteiger partial charge in [0.15, 0.2) is 12.4 Å². The number of hydrogen-bond donors (Lipinski definition) is 3. The average Bonchev–Trinajstić information content (AvgIpc) is 2.98. The molecule has 0 aromatic heterocycles. The Labute approximate surface area is 224 Å². The molecule has 13 heteroatoms. The zero-order valence-corrected chi connectivity index (χ0v) is 22.0. The van der Waals surface area contributed by atoms with E-state index in [9.17, 15) is 38.7 Å². The van der Waals surface area contributed by atoms with Crippen LogP contribution in [0.5, 0.6) is 0 Å². The van der Waals surface area contributed by atoms with E-state index in [0.717, 1.165) is 10.0 Å². The zero-order chi connectivity index (χ0) is 28.9. The third-order valence-corrected chi connectivity index (χ3v) is 6.66. The molecule has 1 aromatic rings. The van der Waals surface area contributed by atoms with Crippen LogP contribution in [0.3, 0.4) is 0 Å². The quantitative estimate of drug-likeness (QED) is 0.361. The standard InChI is InChI=1S/C26H32N4O9/c1-14-6-4-7-15(2)23(14)26(38)39-13-20(32)18(12-22(34)35)28-24(36)19-8-5-11-29-21(33)10-9-17(27-16(3)31)25(37)30(19)29/h4,6-7,17-19H,5,8-13H2,1-3H3,(H,27,31)(H,28,36)(H,34,35)/t17-,18-,19-/m0/s1. The molecule has 3 N–H and O–H groups in total. The van der Waals surface area contributed by atoms with Gasteiger partial charge in [0.1, 0.15) is 18.1 Å². The minimum absolute atomic E-state index is 0.0205. The van der Waals surface area contributed by atoms with Crippen molar-refractivity contribution < 1.29 is 43.4 Å². The Morgan fingerprint density at radius 3 is 2.38 bits per heavy atom. The summed E-state index contributed by atoms with van der Waals surface area (Å²) in [6.45, 7) is 4.04. The van der Waals surface area contributed by atoms with E-state index in [1.807, 2.05) is 0 Å². The number of aliphatic carboxylic acids is 1. The van der Waals surface area contributed by atoms with E-state index in [2.05, 4.69) is 10.6 Å². The highest BCUT2D eigenvalue weighted by Gasteiger charge is 2.45. The molecule has 2 saturated heterocycles. The highest BCUT2D eigenvalue weighted by molar-refractivity contribution is 5.99. The number of carboxylic acid groups (broad SMARTS) is 1. The van der Waals surface area contributed by atoms with Gasteiger partial charge in [-0.3, -0.25) is 33.8 Å². The van der Waals surface area contributed by atoms with Gasteiger partial charge in [0.25, 0.3) is 5.91 Å². The number of ether oxygens (including phenoxy) is 1. The van der Waals surface area contributed by atoms with Crippen molar-refractivity contribution in [3.8, 4) is 0 Å². The Bertz CT molecular complexity index is 1180. The van der Waals surface area contributed by atoms with Crippen molar-refractivity contribution in [2.75, 3.05) is 13.2 Å². The summed E-state index contributed by atoms with van der Waals surface area (Å²) in [5.74, 6) is -5.37. The topological polar surface area (TPSA) is 179 Å². The van der Waals surface area contributed by atoms with Crippen molar-refractivity contribution in [2.45, 2.75) is 71.0 Å². The normalized spacial score (nSPS) is 19.9. The molecule has 0 spiro atoms. The van der Waals surface area contributed by atoms with Crippen molar-refractivity contribution >= 4 is 41.4 Å². The van der Waals surface area contributed by atoms with Crippen molar-refractivity contribution in [3.05, 3.63) is 34.9 Å². The molecule has 2 aliphatic rings. The van der Waals surface area contributed by atoms with Gasteiger partial charge in [-0.05, 0) is 44.2 Å². The van der Waals surface area contributed by atoms with E-state index < -0.39 is 72.5 Å². The summed E-state index contributed by atoms with van der Waals surface area (Å²) in [7, 11) is 0. The first-order chi connectivity index (χ1) is 18.4. The predicted octanol–water partition coefficient (Wildman–Crippen LogP) is 0.0219. The van der Waals surface area contributed by atoms with Gasteiger partial charge in [0, 0.05) is 19.9 Å². The molecule has 3 rings (SSSR count). The lowest BCUT2D eigenvalue weighted by Gasteiger charge is -2.43. The van der Waals surface area contributed by atoms with Gasteiger partial charge in [-0.15, -0.1) is 0 Å². The third-order valence-electron chi connectivity index (χ3n) is 6.66. The maximum atomic E-state index is 13.3. The number of carbonyl (C=O) groups is 7. The molecule has 4 amide bonds. The average molecular weight is 545 g/mol. The summed E-state index contributed by atoms with van der Waals surface area (Å²) in [4.78, 5) is 87.8. The largest absolute Gasteiger partial charge is 0.481 e.